The molecule has 0 saturated carbocycles. The molecule has 1 aromatic heterocycles. The molecule has 92 valence electrons. The summed E-state index contributed by atoms with van der Waals surface area (Å²) in [5, 5.41) is 9.51. The van der Waals surface area contributed by atoms with Crippen LogP contribution in [0, 0.1) is 11.8 Å². The minimum absolute atomic E-state index is 0.273. The van der Waals surface area contributed by atoms with Gasteiger partial charge in [-0.25, -0.2) is 9.89 Å². The first-order valence-corrected chi connectivity index (χ1v) is 5.83. The fourth-order valence-corrected chi connectivity index (χ4v) is 2.98. The van der Waals surface area contributed by atoms with Gasteiger partial charge in [-0.05, 0) is 18.8 Å². The Kier molecular flexibility index (Phi) is 2.29. The summed E-state index contributed by atoms with van der Waals surface area (Å²) < 4.78 is 0. The molecule has 0 spiro atoms. The standard InChI is InChI=1S/C10H15N5O2/c1-5-7-3-11-2-6(7)4-15(5)8-9(16)12-10(17)14-13-8/h5-7,11H,2-4H2,1H3,(H2,12,14,16,17). The van der Waals surface area contributed by atoms with E-state index in [4.69, 9.17) is 0 Å². The molecule has 3 rings (SSSR count). The van der Waals surface area contributed by atoms with Crippen LogP contribution < -0.4 is 21.5 Å². The quantitative estimate of drug-likeness (QED) is 0.553. The molecule has 2 fully saturated rings. The van der Waals surface area contributed by atoms with Crippen molar-refractivity contribution in [3.63, 3.8) is 0 Å². The van der Waals surface area contributed by atoms with Crippen molar-refractivity contribution >= 4 is 5.82 Å². The van der Waals surface area contributed by atoms with Crippen LogP contribution in [0.5, 0.6) is 0 Å². The highest BCUT2D eigenvalue weighted by Crippen LogP contribution is 2.33. The molecule has 0 aromatic carbocycles. The Morgan fingerprint density at radius 3 is 2.88 bits per heavy atom. The number of aromatic nitrogens is 3. The molecular weight excluding hydrogens is 222 g/mol. The van der Waals surface area contributed by atoms with Crippen LogP contribution in [0.1, 0.15) is 6.92 Å². The zero-order valence-electron chi connectivity index (χ0n) is 9.56. The number of nitrogens with zero attached hydrogens (tertiary/aromatic N) is 2. The van der Waals surface area contributed by atoms with E-state index in [1.165, 1.54) is 0 Å². The second kappa shape index (κ2) is 3.69. The van der Waals surface area contributed by atoms with Crippen molar-refractivity contribution < 1.29 is 0 Å². The number of fused-ring (bicyclic) bond motifs is 1. The normalized spacial score (nSPS) is 31.8. The number of rotatable bonds is 1. The van der Waals surface area contributed by atoms with Crippen molar-refractivity contribution in [2.75, 3.05) is 24.5 Å². The molecule has 3 unspecified atom stereocenters. The number of hydrogen-bond acceptors (Lipinski definition) is 5. The third-order valence-electron chi connectivity index (χ3n) is 3.90. The Balaban J connectivity index is 1.95. The monoisotopic (exact) mass is 237 g/mol. The lowest BCUT2D eigenvalue weighted by Crippen LogP contribution is -2.39. The third kappa shape index (κ3) is 1.57. The van der Waals surface area contributed by atoms with Crippen molar-refractivity contribution in [1.29, 1.82) is 0 Å². The van der Waals surface area contributed by atoms with Gasteiger partial charge >= 0.3 is 5.69 Å². The van der Waals surface area contributed by atoms with Gasteiger partial charge in [0.15, 0.2) is 0 Å². The van der Waals surface area contributed by atoms with E-state index in [2.05, 4.69) is 27.4 Å². The lowest BCUT2D eigenvalue weighted by Gasteiger charge is -2.23. The molecular formula is C10H15N5O2. The maximum Gasteiger partial charge on any atom is 0.342 e. The van der Waals surface area contributed by atoms with E-state index in [1.54, 1.807) is 0 Å². The largest absolute Gasteiger partial charge is 0.347 e. The minimum Gasteiger partial charge on any atom is -0.347 e. The van der Waals surface area contributed by atoms with Gasteiger partial charge in [0.2, 0.25) is 5.82 Å². The molecule has 3 N–H and O–H groups in total. The summed E-state index contributed by atoms with van der Waals surface area (Å²) >= 11 is 0. The van der Waals surface area contributed by atoms with Crippen LogP contribution in [0.2, 0.25) is 0 Å². The van der Waals surface area contributed by atoms with Crippen LogP contribution in [-0.4, -0.2) is 40.9 Å². The van der Waals surface area contributed by atoms with Gasteiger partial charge in [0.05, 0.1) is 0 Å². The average Bonchev–Trinajstić information content (AvgIpc) is 2.83. The maximum atomic E-state index is 11.7. The zero-order chi connectivity index (χ0) is 12.0. The van der Waals surface area contributed by atoms with Crippen LogP contribution >= 0.6 is 0 Å². The number of hydrogen-bond donors (Lipinski definition) is 3. The molecule has 1 aromatic rings. The van der Waals surface area contributed by atoms with Crippen molar-refractivity contribution in [1.82, 2.24) is 20.5 Å². The lowest BCUT2D eigenvalue weighted by atomic mass is 9.95. The van der Waals surface area contributed by atoms with Gasteiger partial charge in [-0.2, -0.15) is 0 Å². The van der Waals surface area contributed by atoms with Gasteiger partial charge < -0.3 is 10.2 Å². The van der Waals surface area contributed by atoms with E-state index in [0.717, 1.165) is 19.6 Å². The number of nitrogens with one attached hydrogen (secondary N) is 3. The zero-order valence-corrected chi connectivity index (χ0v) is 9.56. The number of H-pyrrole nitrogens is 2. The second-order valence-electron chi connectivity index (χ2n) is 4.81. The van der Waals surface area contributed by atoms with E-state index in [9.17, 15) is 9.59 Å². The predicted molar refractivity (Wildman–Crippen MR) is 62.1 cm³/mol. The highest BCUT2D eigenvalue weighted by Gasteiger charge is 2.43. The summed E-state index contributed by atoms with van der Waals surface area (Å²) in [6, 6.07) is 0.273. The minimum atomic E-state index is -0.563. The van der Waals surface area contributed by atoms with Crippen molar-refractivity contribution in [3.05, 3.63) is 20.8 Å². The molecule has 2 aliphatic rings. The Bertz CT molecular complexity index is 536. The van der Waals surface area contributed by atoms with Crippen molar-refractivity contribution in [2.24, 2.45) is 11.8 Å². The smallest absolute Gasteiger partial charge is 0.342 e. The van der Waals surface area contributed by atoms with Gasteiger partial charge in [-0.3, -0.25) is 9.78 Å². The van der Waals surface area contributed by atoms with E-state index in [1.807, 2.05) is 4.90 Å². The molecule has 0 radical (unpaired) electrons. The van der Waals surface area contributed by atoms with Gasteiger partial charge in [-0.1, -0.05) is 0 Å². The predicted octanol–water partition coefficient (Wildman–Crippen LogP) is -1.50. The van der Waals surface area contributed by atoms with Gasteiger partial charge in [0.1, 0.15) is 0 Å². The molecule has 0 amide bonds. The molecule has 2 aliphatic heterocycles. The highest BCUT2D eigenvalue weighted by molar-refractivity contribution is 5.38. The summed E-state index contributed by atoms with van der Waals surface area (Å²) in [4.78, 5) is 26.8. The first kappa shape index (κ1) is 10.5. The van der Waals surface area contributed by atoms with Crippen LogP contribution in [0.15, 0.2) is 9.59 Å². The van der Waals surface area contributed by atoms with Crippen molar-refractivity contribution in [2.45, 2.75) is 13.0 Å². The molecule has 3 atom stereocenters. The van der Waals surface area contributed by atoms with E-state index >= 15 is 0 Å². The van der Waals surface area contributed by atoms with Gasteiger partial charge in [-0.15, -0.1) is 5.10 Å². The molecule has 3 heterocycles. The SMILES string of the molecule is CC1C2CNCC2CN1c1n[nH]c(=O)[nH]c1=O. The molecule has 7 heteroatoms. The molecule has 17 heavy (non-hydrogen) atoms. The maximum absolute atomic E-state index is 11.7. The highest BCUT2D eigenvalue weighted by atomic mass is 16.2. The summed E-state index contributed by atoms with van der Waals surface area (Å²) in [7, 11) is 0. The topological polar surface area (TPSA) is 93.9 Å². The van der Waals surface area contributed by atoms with Crippen LogP contribution in [0.25, 0.3) is 0 Å². The molecule has 0 aliphatic carbocycles. The number of aromatic amines is 2. The van der Waals surface area contributed by atoms with E-state index in [0.29, 0.717) is 17.7 Å². The molecule has 0 bridgehead atoms. The van der Waals surface area contributed by atoms with Crippen LogP contribution in [0.3, 0.4) is 0 Å². The molecule has 2 saturated heterocycles. The summed E-state index contributed by atoms with van der Waals surface area (Å²) in [6.07, 6.45) is 0. The summed E-state index contributed by atoms with van der Waals surface area (Å²) in [5.41, 5.74) is -0.971. The summed E-state index contributed by atoms with van der Waals surface area (Å²) in [5.74, 6) is 1.45. The Morgan fingerprint density at radius 2 is 2.18 bits per heavy atom. The Labute approximate surface area is 97.2 Å². The first-order chi connectivity index (χ1) is 8.16. The Hall–Kier alpha value is -1.63. The average molecular weight is 237 g/mol. The van der Waals surface area contributed by atoms with E-state index in [-0.39, 0.29) is 6.04 Å². The van der Waals surface area contributed by atoms with Gasteiger partial charge in [0, 0.05) is 25.7 Å². The third-order valence-corrected chi connectivity index (χ3v) is 3.90. The van der Waals surface area contributed by atoms with Crippen LogP contribution in [0.4, 0.5) is 5.82 Å². The fraction of sp³-hybridized carbons (Fsp3) is 0.700. The van der Waals surface area contributed by atoms with E-state index < -0.39 is 11.2 Å². The second-order valence-corrected chi connectivity index (χ2v) is 4.81. The summed E-state index contributed by atoms with van der Waals surface area (Å²) in [6.45, 7) is 4.90. The Morgan fingerprint density at radius 1 is 1.35 bits per heavy atom. The van der Waals surface area contributed by atoms with Crippen molar-refractivity contribution in [3.8, 4) is 0 Å². The molecule has 7 nitrogen and oxygen atoms in total. The number of anilines is 1. The lowest BCUT2D eigenvalue weighted by molar-refractivity contribution is 0.471. The van der Waals surface area contributed by atoms with Crippen LogP contribution in [-0.2, 0) is 0 Å². The first-order valence-electron chi connectivity index (χ1n) is 5.83. The van der Waals surface area contributed by atoms with Gasteiger partial charge in [0.25, 0.3) is 5.56 Å². The fourth-order valence-electron chi connectivity index (χ4n) is 2.98.